The van der Waals surface area contributed by atoms with Gasteiger partial charge < -0.3 is 26.0 Å². The molecule has 25 heavy (non-hydrogen) atoms. The Morgan fingerprint density at radius 2 is 1.84 bits per heavy atom. The summed E-state index contributed by atoms with van der Waals surface area (Å²) in [5.74, 6) is -2.00. The minimum atomic E-state index is -0.861. The van der Waals surface area contributed by atoms with Crippen molar-refractivity contribution in [1.82, 2.24) is 4.90 Å². The van der Waals surface area contributed by atoms with Crippen LogP contribution in [0.4, 0.5) is 0 Å². The van der Waals surface area contributed by atoms with E-state index in [-0.39, 0.29) is 17.1 Å². The molecule has 1 unspecified atom stereocenters. The van der Waals surface area contributed by atoms with E-state index in [1.807, 2.05) is 0 Å². The largest absolute Gasteiger partial charge is 0.508 e. The lowest BCUT2D eigenvalue weighted by Gasteiger charge is -2.27. The van der Waals surface area contributed by atoms with Gasteiger partial charge in [0.2, 0.25) is 0 Å². The number of benzene rings is 1. The Balaban J connectivity index is 2.31. The van der Waals surface area contributed by atoms with Crippen LogP contribution >= 0.6 is 0 Å². The first kappa shape index (κ1) is 18.8. The molecule has 0 fully saturated rings. The Bertz CT molecular complexity index is 699. The lowest BCUT2D eigenvalue weighted by atomic mass is 9.95. The van der Waals surface area contributed by atoms with Crippen molar-refractivity contribution in [3.05, 3.63) is 35.1 Å². The number of phenolic OH excluding ortho intramolecular Hbond substituents is 2. The average Bonchev–Trinajstić information content (AvgIpc) is 2.79. The van der Waals surface area contributed by atoms with Crippen molar-refractivity contribution in [2.24, 2.45) is 5.73 Å². The van der Waals surface area contributed by atoms with Gasteiger partial charge in [-0.3, -0.25) is 9.59 Å². The van der Waals surface area contributed by atoms with Crippen molar-refractivity contribution >= 4 is 11.7 Å². The van der Waals surface area contributed by atoms with Gasteiger partial charge in [0.1, 0.15) is 11.5 Å². The Kier molecular flexibility index (Phi) is 6.03. The fraction of sp³-hybridized carbons (Fsp3) is 0.444. The highest BCUT2D eigenvalue weighted by atomic mass is 16.3. The lowest BCUT2D eigenvalue weighted by molar-refractivity contribution is -0.129. The highest BCUT2D eigenvalue weighted by Crippen LogP contribution is 2.42. The predicted molar refractivity (Wildman–Crippen MR) is 92.1 cm³/mol. The first-order chi connectivity index (χ1) is 11.9. The number of amides is 1. The highest BCUT2D eigenvalue weighted by molar-refractivity contribution is 6.08. The predicted octanol–water partition coefficient (Wildman–Crippen LogP) is 1.90. The third-order valence-corrected chi connectivity index (χ3v) is 4.34. The molecule has 0 bridgehead atoms. The van der Waals surface area contributed by atoms with E-state index < -0.39 is 23.5 Å². The molecule has 2 rings (SSSR count). The molecule has 7 heteroatoms. The highest BCUT2D eigenvalue weighted by Gasteiger charge is 2.43. The van der Waals surface area contributed by atoms with Gasteiger partial charge in [0.15, 0.2) is 11.5 Å². The van der Waals surface area contributed by atoms with Crippen LogP contribution < -0.4 is 5.73 Å². The third-order valence-electron chi connectivity index (χ3n) is 4.34. The number of phenols is 2. The Morgan fingerprint density at radius 3 is 2.44 bits per heavy atom. The van der Waals surface area contributed by atoms with Crippen LogP contribution in [0.1, 0.15) is 44.2 Å². The fourth-order valence-corrected chi connectivity index (χ4v) is 3.11. The topological polar surface area (TPSA) is 124 Å². The van der Waals surface area contributed by atoms with Crippen molar-refractivity contribution in [1.29, 1.82) is 0 Å². The number of hydrogen-bond acceptors (Lipinski definition) is 6. The summed E-state index contributed by atoms with van der Waals surface area (Å²) >= 11 is 0. The fourth-order valence-electron chi connectivity index (χ4n) is 3.11. The lowest BCUT2D eigenvalue weighted by Crippen LogP contribution is -2.32. The van der Waals surface area contributed by atoms with Crippen LogP contribution in [0.2, 0.25) is 0 Å². The van der Waals surface area contributed by atoms with Crippen LogP contribution in [-0.4, -0.2) is 45.0 Å². The van der Waals surface area contributed by atoms with Crippen molar-refractivity contribution in [3.8, 4) is 11.5 Å². The zero-order valence-electron chi connectivity index (χ0n) is 14.2. The van der Waals surface area contributed by atoms with Gasteiger partial charge in [0.05, 0.1) is 11.6 Å². The number of nitrogens with zero attached hydrogens (tertiary/aromatic N) is 1. The summed E-state index contributed by atoms with van der Waals surface area (Å²) in [6.45, 7) is 2.23. The molecular weight excluding hydrogens is 324 g/mol. The van der Waals surface area contributed by atoms with Gasteiger partial charge >= 0.3 is 0 Å². The number of Topliss-reactive ketones (excluding diaryl/α,β-unsaturated/α-hetero) is 1. The van der Waals surface area contributed by atoms with Crippen LogP contribution in [-0.2, 0) is 9.59 Å². The summed E-state index contributed by atoms with van der Waals surface area (Å²) in [6, 6.07) is 3.10. The second-order valence-corrected chi connectivity index (χ2v) is 6.17. The van der Waals surface area contributed by atoms with E-state index in [0.717, 1.165) is 25.3 Å². The maximum Gasteiger partial charge on any atom is 0.290 e. The van der Waals surface area contributed by atoms with Gasteiger partial charge in [-0.1, -0.05) is 12.8 Å². The first-order valence-corrected chi connectivity index (χ1v) is 8.35. The van der Waals surface area contributed by atoms with Crippen molar-refractivity contribution in [3.63, 3.8) is 0 Å². The van der Waals surface area contributed by atoms with E-state index in [2.05, 4.69) is 0 Å². The molecule has 1 atom stereocenters. The molecule has 1 aliphatic rings. The summed E-state index contributed by atoms with van der Waals surface area (Å²) in [4.78, 5) is 25.8. The van der Waals surface area contributed by atoms with Gasteiger partial charge in [-0.15, -0.1) is 0 Å². The quantitative estimate of drug-likeness (QED) is 0.532. The summed E-state index contributed by atoms with van der Waals surface area (Å²) in [5, 5.41) is 29.8. The molecular formula is C18H24N2O5. The monoisotopic (exact) mass is 348 g/mol. The minimum Gasteiger partial charge on any atom is -0.508 e. The van der Waals surface area contributed by atoms with Gasteiger partial charge in [-0.05, 0) is 38.4 Å². The molecule has 0 radical (unpaired) electrons. The summed E-state index contributed by atoms with van der Waals surface area (Å²) in [7, 11) is 0. The van der Waals surface area contributed by atoms with Gasteiger partial charge in [-0.25, -0.2) is 0 Å². The average molecular weight is 348 g/mol. The molecule has 1 aromatic rings. The summed E-state index contributed by atoms with van der Waals surface area (Å²) in [5.41, 5.74) is 5.72. The number of aliphatic hydroxyl groups excluding tert-OH is 1. The van der Waals surface area contributed by atoms with Gasteiger partial charge in [0, 0.05) is 18.2 Å². The first-order valence-electron chi connectivity index (χ1n) is 8.35. The molecule has 0 spiro atoms. The molecule has 0 aliphatic carbocycles. The Labute approximate surface area is 146 Å². The van der Waals surface area contributed by atoms with Gasteiger partial charge in [-0.2, -0.15) is 0 Å². The van der Waals surface area contributed by atoms with Crippen LogP contribution in [0.5, 0.6) is 11.5 Å². The van der Waals surface area contributed by atoms with Crippen molar-refractivity contribution in [2.75, 3.05) is 13.1 Å². The number of hydrogen-bond donors (Lipinski definition) is 4. The minimum absolute atomic E-state index is 0.0343. The molecule has 1 aliphatic heterocycles. The second-order valence-electron chi connectivity index (χ2n) is 6.17. The van der Waals surface area contributed by atoms with E-state index >= 15 is 0 Å². The van der Waals surface area contributed by atoms with E-state index in [4.69, 9.17) is 5.73 Å². The molecule has 5 N–H and O–H groups in total. The van der Waals surface area contributed by atoms with Crippen molar-refractivity contribution in [2.45, 2.75) is 38.6 Å². The number of rotatable bonds is 8. The van der Waals surface area contributed by atoms with Crippen LogP contribution in [0.3, 0.4) is 0 Å². The number of carbonyl (C=O) groups is 2. The normalized spacial score (nSPS) is 17.4. The summed E-state index contributed by atoms with van der Waals surface area (Å²) < 4.78 is 0. The smallest absolute Gasteiger partial charge is 0.290 e. The number of aromatic hydroxyl groups is 2. The number of nitrogens with two attached hydrogens (primary N) is 1. The zero-order valence-corrected chi connectivity index (χ0v) is 14.2. The number of ketones is 1. The van der Waals surface area contributed by atoms with Gasteiger partial charge in [0.25, 0.3) is 5.91 Å². The standard InChI is InChI=1S/C18H24N2O5/c1-11(21)15-16(13-7-6-12(22)10-14(13)23)20(18(25)17(15)24)9-5-3-2-4-8-19/h6-7,10,16,22-24H,2-5,8-9,19H2,1H3. The van der Waals surface area contributed by atoms with Crippen LogP contribution in [0.15, 0.2) is 29.5 Å². The van der Waals surface area contributed by atoms with Crippen molar-refractivity contribution < 1.29 is 24.9 Å². The maximum absolute atomic E-state index is 12.4. The number of aliphatic hydroxyl groups is 1. The van der Waals surface area contributed by atoms with Crippen LogP contribution in [0.25, 0.3) is 0 Å². The Hall–Kier alpha value is -2.54. The van der Waals surface area contributed by atoms with E-state index in [0.29, 0.717) is 25.1 Å². The molecule has 7 nitrogen and oxygen atoms in total. The number of unbranched alkanes of at least 4 members (excludes halogenated alkanes) is 3. The van der Waals surface area contributed by atoms with Crippen LogP contribution in [0, 0.1) is 0 Å². The Morgan fingerprint density at radius 1 is 1.16 bits per heavy atom. The molecule has 136 valence electrons. The molecule has 0 saturated carbocycles. The van der Waals surface area contributed by atoms with E-state index in [1.165, 1.54) is 24.0 Å². The SMILES string of the molecule is CC(=O)C1=C(O)C(=O)N(CCCCCCN)C1c1ccc(O)cc1O. The zero-order chi connectivity index (χ0) is 18.6. The maximum atomic E-state index is 12.4. The molecule has 0 saturated heterocycles. The van der Waals surface area contributed by atoms with E-state index in [9.17, 15) is 24.9 Å². The summed E-state index contributed by atoms with van der Waals surface area (Å²) in [6.07, 6.45) is 3.40. The van der Waals surface area contributed by atoms with E-state index in [1.54, 1.807) is 0 Å². The molecule has 1 aromatic carbocycles. The molecule has 0 aromatic heterocycles. The molecule has 1 heterocycles. The second kappa shape index (κ2) is 8.02. The third kappa shape index (κ3) is 3.93. The number of carbonyl (C=O) groups excluding carboxylic acids is 2. The molecule has 1 amide bonds.